The van der Waals surface area contributed by atoms with Crippen LogP contribution >= 0.6 is 0 Å². The van der Waals surface area contributed by atoms with Crippen LogP contribution in [0.4, 0.5) is 16.5 Å². The van der Waals surface area contributed by atoms with E-state index in [-0.39, 0.29) is 24.2 Å². The van der Waals surface area contributed by atoms with Gasteiger partial charge in [0.2, 0.25) is 5.89 Å². The first-order valence-corrected chi connectivity index (χ1v) is 11.8. The van der Waals surface area contributed by atoms with Crippen LogP contribution in [0, 0.1) is 13.8 Å². The fourth-order valence-corrected chi connectivity index (χ4v) is 4.48. The summed E-state index contributed by atoms with van der Waals surface area (Å²) in [7, 11) is 0. The standard InChI is InChI=1S/C24H35N5O4/c1-15(2)32-24(30)29-8-7-28(12-17(29)4)13-20-10-16(3)11-21(18(20)5)25-23-27-26-22(33-23)19-6-9-31-14-19/h10-11,15,17,19H,6-9,12-14H2,1-5H3,(H,25,27)/t17-,19+/m0/s1. The number of carbonyl (C=O) groups is 1. The van der Waals surface area contributed by atoms with E-state index in [0.717, 1.165) is 49.5 Å². The fourth-order valence-electron chi connectivity index (χ4n) is 4.48. The molecule has 9 heteroatoms. The van der Waals surface area contributed by atoms with Crippen LogP contribution in [0.1, 0.15) is 55.7 Å². The Balaban J connectivity index is 1.41. The highest BCUT2D eigenvalue weighted by atomic mass is 16.6. The van der Waals surface area contributed by atoms with Gasteiger partial charge in [0.05, 0.1) is 18.6 Å². The maximum absolute atomic E-state index is 12.3. The largest absolute Gasteiger partial charge is 0.447 e. The highest BCUT2D eigenvalue weighted by Gasteiger charge is 2.29. The van der Waals surface area contributed by atoms with Crippen LogP contribution < -0.4 is 5.32 Å². The number of nitrogens with one attached hydrogen (secondary N) is 1. The second-order valence-corrected chi connectivity index (χ2v) is 9.44. The van der Waals surface area contributed by atoms with Gasteiger partial charge in [0.15, 0.2) is 0 Å². The molecule has 0 spiro atoms. The second kappa shape index (κ2) is 10.1. The molecular formula is C24H35N5O4. The molecule has 180 valence electrons. The Bertz CT molecular complexity index is 970. The highest BCUT2D eigenvalue weighted by Crippen LogP contribution is 2.29. The predicted molar refractivity (Wildman–Crippen MR) is 125 cm³/mol. The van der Waals surface area contributed by atoms with Crippen molar-refractivity contribution in [2.24, 2.45) is 0 Å². The average molecular weight is 458 g/mol. The molecule has 2 aromatic rings. The molecular weight excluding hydrogens is 422 g/mol. The number of amides is 1. The molecule has 0 unspecified atom stereocenters. The number of hydrogen-bond donors (Lipinski definition) is 1. The average Bonchev–Trinajstić information content (AvgIpc) is 3.43. The molecule has 2 aliphatic heterocycles. The van der Waals surface area contributed by atoms with Crippen LogP contribution in [0.2, 0.25) is 0 Å². The highest BCUT2D eigenvalue weighted by molar-refractivity contribution is 5.68. The zero-order chi connectivity index (χ0) is 23.5. The summed E-state index contributed by atoms with van der Waals surface area (Å²) < 4.78 is 16.7. The summed E-state index contributed by atoms with van der Waals surface area (Å²) >= 11 is 0. The Morgan fingerprint density at radius 1 is 1.27 bits per heavy atom. The van der Waals surface area contributed by atoms with Crippen molar-refractivity contribution >= 4 is 17.8 Å². The van der Waals surface area contributed by atoms with Gasteiger partial charge < -0.3 is 24.1 Å². The quantitative estimate of drug-likeness (QED) is 0.696. The Kier molecular flexibility index (Phi) is 7.19. The van der Waals surface area contributed by atoms with Crippen LogP contribution in [0.25, 0.3) is 0 Å². The minimum Gasteiger partial charge on any atom is -0.447 e. The topological polar surface area (TPSA) is 93.0 Å². The van der Waals surface area contributed by atoms with Crippen molar-refractivity contribution in [2.45, 2.75) is 65.6 Å². The summed E-state index contributed by atoms with van der Waals surface area (Å²) in [5.74, 6) is 0.809. The SMILES string of the molecule is Cc1cc(CN2CCN(C(=O)OC(C)C)[C@@H](C)C2)c(C)c(Nc2nnc([C@@H]3CCOC3)o2)c1. The van der Waals surface area contributed by atoms with Gasteiger partial charge in [0.1, 0.15) is 0 Å². The Morgan fingerprint density at radius 3 is 2.79 bits per heavy atom. The lowest BCUT2D eigenvalue weighted by Gasteiger charge is -2.39. The third kappa shape index (κ3) is 5.65. The molecule has 3 heterocycles. The van der Waals surface area contributed by atoms with Gasteiger partial charge in [-0.15, -0.1) is 5.10 Å². The van der Waals surface area contributed by atoms with Crippen molar-refractivity contribution in [3.63, 3.8) is 0 Å². The van der Waals surface area contributed by atoms with E-state index in [4.69, 9.17) is 13.9 Å². The van der Waals surface area contributed by atoms with Crippen LogP contribution in [-0.2, 0) is 16.0 Å². The number of benzene rings is 1. The lowest BCUT2D eigenvalue weighted by molar-refractivity contribution is 0.0349. The normalized spacial score (nSPS) is 21.6. The van der Waals surface area contributed by atoms with Gasteiger partial charge in [-0.05, 0) is 63.8 Å². The molecule has 2 aliphatic rings. The summed E-state index contributed by atoms with van der Waals surface area (Å²) in [5, 5.41) is 11.7. The van der Waals surface area contributed by atoms with Gasteiger partial charge in [-0.3, -0.25) is 4.90 Å². The van der Waals surface area contributed by atoms with Crippen LogP contribution in [0.3, 0.4) is 0 Å². The molecule has 0 bridgehead atoms. The molecule has 1 aromatic heterocycles. The first kappa shape index (κ1) is 23.5. The van der Waals surface area contributed by atoms with Crippen molar-refractivity contribution in [1.82, 2.24) is 20.0 Å². The van der Waals surface area contributed by atoms with E-state index in [9.17, 15) is 4.79 Å². The first-order chi connectivity index (χ1) is 15.8. The third-order valence-corrected chi connectivity index (χ3v) is 6.30. The second-order valence-electron chi connectivity index (χ2n) is 9.44. The van der Waals surface area contributed by atoms with Crippen LogP contribution in [-0.4, -0.2) is 71.1 Å². The summed E-state index contributed by atoms with van der Waals surface area (Å²) in [6.45, 7) is 14.5. The number of hydrogen-bond acceptors (Lipinski definition) is 8. The summed E-state index contributed by atoms with van der Waals surface area (Å²) in [4.78, 5) is 16.6. The van der Waals surface area contributed by atoms with Gasteiger partial charge in [0, 0.05) is 44.5 Å². The molecule has 2 fully saturated rings. The minimum absolute atomic E-state index is 0.101. The predicted octanol–water partition coefficient (Wildman–Crippen LogP) is 3.99. The lowest BCUT2D eigenvalue weighted by Crippen LogP contribution is -2.54. The number of aryl methyl sites for hydroxylation is 1. The molecule has 2 saturated heterocycles. The molecule has 1 aromatic carbocycles. The number of nitrogens with zero attached hydrogens (tertiary/aromatic N) is 4. The van der Waals surface area contributed by atoms with Crippen molar-refractivity contribution in [3.05, 3.63) is 34.7 Å². The summed E-state index contributed by atoms with van der Waals surface area (Å²) in [5.41, 5.74) is 4.52. The molecule has 1 N–H and O–H groups in total. The van der Waals surface area contributed by atoms with Crippen LogP contribution in [0.15, 0.2) is 16.5 Å². The monoisotopic (exact) mass is 457 g/mol. The van der Waals surface area contributed by atoms with E-state index in [1.807, 2.05) is 18.7 Å². The van der Waals surface area contributed by atoms with Crippen molar-refractivity contribution in [1.29, 1.82) is 0 Å². The third-order valence-electron chi connectivity index (χ3n) is 6.30. The molecule has 0 radical (unpaired) electrons. The number of aromatic nitrogens is 2. The van der Waals surface area contributed by atoms with Crippen molar-refractivity contribution in [2.75, 3.05) is 38.2 Å². The zero-order valence-corrected chi connectivity index (χ0v) is 20.3. The van der Waals surface area contributed by atoms with E-state index in [0.29, 0.717) is 25.1 Å². The number of carbonyl (C=O) groups excluding carboxylic acids is 1. The summed E-state index contributed by atoms with van der Waals surface area (Å²) in [6.07, 6.45) is 0.583. The molecule has 4 rings (SSSR count). The van der Waals surface area contributed by atoms with E-state index < -0.39 is 0 Å². The number of piperazine rings is 1. The molecule has 0 aliphatic carbocycles. The van der Waals surface area contributed by atoms with E-state index in [1.165, 1.54) is 5.56 Å². The lowest BCUT2D eigenvalue weighted by atomic mass is 10.0. The van der Waals surface area contributed by atoms with Gasteiger partial charge in [-0.2, -0.15) is 0 Å². The Labute approximate surface area is 195 Å². The Morgan fingerprint density at radius 2 is 2.09 bits per heavy atom. The molecule has 2 atom stereocenters. The molecule has 9 nitrogen and oxygen atoms in total. The Hall–Kier alpha value is -2.65. The minimum atomic E-state index is -0.224. The van der Waals surface area contributed by atoms with Crippen molar-refractivity contribution < 1.29 is 18.7 Å². The number of ether oxygens (including phenoxy) is 2. The van der Waals surface area contributed by atoms with E-state index in [2.05, 4.69) is 53.3 Å². The van der Waals surface area contributed by atoms with Gasteiger partial charge in [-0.1, -0.05) is 11.2 Å². The van der Waals surface area contributed by atoms with Gasteiger partial charge >= 0.3 is 12.1 Å². The van der Waals surface area contributed by atoms with E-state index >= 15 is 0 Å². The summed E-state index contributed by atoms with van der Waals surface area (Å²) in [6, 6.07) is 4.83. The maximum atomic E-state index is 12.3. The smallest absolute Gasteiger partial charge is 0.410 e. The molecule has 1 amide bonds. The number of anilines is 2. The molecule has 0 saturated carbocycles. The fraction of sp³-hybridized carbons (Fsp3) is 0.625. The van der Waals surface area contributed by atoms with Gasteiger partial charge in [0.25, 0.3) is 0 Å². The molecule has 33 heavy (non-hydrogen) atoms. The first-order valence-electron chi connectivity index (χ1n) is 11.8. The van der Waals surface area contributed by atoms with Gasteiger partial charge in [-0.25, -0.2) is 4.79 Å². The van der Waals surface area contributed by atoms with Crippen LogP contribution in [0.5, 0.6) is 0 Å². The maximum Gasteiger partial charge on any atom is 0.410 e. The van der Waals surface area contributed by atoms with Crippen molar-refractivity contribution in [3.8, 4) is 0 Å². The number of rotatable bonds is 6. The van der Waals surface area contributed by atoms with E-state index in [1.54, 1.807) is 0 Å². The zero-order valence-electron chi connectivity index (χ0n) is 20.3.